The van der Waals surface area contributed by atoms with Crippen LogP contribution in [-0.2, 0) is 4.79 Å². The van der Waals surface area contributed by atoms with Crippen LogP contribution < -0.4 is 11.5 Å². The van der Waals surface area contributed by atoms with Crippen molar-refractivity contribution in [2.45, 2.75) is 5.92 Å². The number of hydrogen-bond donors (Lipinski definition) is 3. The zero-order valence-electron chi connectivity index (χ0n) is 7.71. The molecule has 0 bridgehead atoms. The minimum absolute atomic E-state index is 0.0569. The predicted molar refractivity (Wildman–Crippen MR) is 50.2 cm³/mol. The summed E-state index contributed by atoms with van der Waals surface area (Å²) in [6.07, 6.45) is 0. The molecule has 0 aromatic heterocycles. The van der Waals surface area contributed by atoms with Crippen LogP contribution in [0.4, 0.5) is 14.5 Å². The van der Waals surface area contributed by atoms with Gasteiger partial charge in [-0.05, 0) is 17.7 Å². The minimum atomic E-state index is -1.21. The lowest BCUT2D eigenvalue weighted by molar-refractivity contribution is -0.138. The van der Waals surface area contributed by atoms with Gasteiger partial charge in [0.2, 0.25) is 0 Å². The second-order valence-electron chi connectivity index (χ2n) is 3.03. The number of nitrogen functional groups attached to an aromatic ring is 1. The van der Waals surface area contributed by atoms with Crippen molar-refractivity contribution in [3.8, 4) is 0 Å². The summed E-state index contributed by atoms with van der Waals surface area (Å²) in [4.78, 5) is 10.7. The summed E-state index contributed by atoms with van der Waals surface area (Å²) >= 11 is 0. The third-order valence-corrected chi connectivity index (χ3v) is 2.01. The second-order valence-corrected chi connectivity index (χ2v) is 3.03. The molecule has 0 aliphatic heterocycles. The lowest BCUT2D eigenvalue weighted by atomic mass is 9.98. The fourth-order valence-corrected chi connectivity index (χ4v) is 1.21. The first-order valence-electron chi connectivity index (χ1n) is 4.14. The van der Waals surface area contributed by atoms with E-state index in [-0.39, 0.29) is 12.1 Å². The van der Waals surface area contributed by atoms with Crippen LogP contribution in [0.15, 0.2) is 12.1 Å². The van der Waals surface area contributed by atoms with Gasteiger partial charge in [-0.2, -0.15) is 0 Å². The van der Waals surface area contributed by atoms with Crippen LogP contribution in [0.3, 0.4) is 0 Å². The van der Waals surface area contributed by atoms with Crippen molar-refractivity contribution < 1.29 is 18.7 Å². The number of nitrogens with two attached hydrogens (primary N) is 2. The van der Waals surface area contributed by atoms with E-state index in [2.05, 4.69) is 0 Å². The fourth-order valence-electron chi connectivity index (χ4n) is 1.21. The average Bonchev–Trinajstić information content (AvgIpc) is 2.14. The summed E-state index contributed by atoms with van der Waals surface area (Å²) in [5.74, 6) is -4.64. The molecule has 1 aromatic carbocycles. The molecule has 0 aliphatic carbocycles. The third kappa shape index (κ3) is 2.21. The topological polar surface area (TPSA) is 89.3 Å². The summed E-state index contributed by atoms with van der Waals surface area (Å²) < 4.78 is 25.7. The zero-order chi connectivity index (χ0) is 11.6. The van der Waals surface area contributed by atoms with Gasteiger partial charge in [-0.25, -0.2) is 8.78 Å². The Morgan fingerprint density at radius 1 is 1.47 bits per heavy atom. The molecule has 6 heteroatoms. The van der Waals surface area contributed by atoms with Crippen LogP contribution in [0.1, 0.15) is 11.5 Å². The normalized spacial score (nSPS) is 12.5. The number of benzene rings is 1. The van der Waals surface area contributed by atoms with Crippen molar-refractivity contribution in [2.24, 2.45) is 5.73 Å². The van der Waals surface area contributed by atoms with Gasteiger partial charge in [0.1, 0.15) is 0 Å². The SMILES string of the molecule is NCC(C(=O)O)c1cc(N)c(F)c(F)c1. The number of carboxylic acids is 1. The van der Waals surface area contributed by atoms with Gasteiger partial charge in [0, 0.05) is 6.54 Å². The van der Waals surface area contributed by atoms with Crippen LogP contribution in [0.5, 0.6) is 0 Å². The van der Waals surface area contributed by atoms with E-state index in [1.165, 1.54) is 0 Å². The molecule has 0 aliphatic rings. The molecule has 1 atom stereocenters. The van der Waals surface area contributed by atoms with E-state index < -0.39 is 29.2 Å². The molecule has 15 heavy (non-hydrogen) atoms. The number of aliphatic carboxylic acids is 1. The summed E-state index contributed by atoms with van der Waals surface area (Å²) in [5, 5.41) is 8.74. The number of anilines is 1. The molecular weight excluding hydrogens is 206 g/mol. The minimum Gasteiger partial charge on any atom is -0.481 e. The molecule has 0 saturated heterocycles. The van der Waals surface area contributed by atoms with E-state index in [1.54, 1.807) is 0 Å². The smallest absolute Gasteiger partial charge is 0.312 e. The molecular formula is C9H10F2N2O2. The molecule has 0 radical (unpaired) electrons. The number of carboxylic acid groups (broad SMARTS) is 1. The second kappa shape index (κ2) is 4.22. The van der Waals surface area contributed by atoms with E-state index in [4.69, 9.17) is 16.6 Å². The monoisotopic (exact) mass is 216 g/mol. The number of halogens is 2. The Morgan fingerprint density at radius 3 is 2.47 bits per heavy atom. The van der Waals surface area contributed by atoms with Crippen molar-refractivity contribution in [2.75, 3.05) is 12.3 Å². The van der Waals surface area contributed by atoms with Gasteiger partial charge in [0.15, 0.2) is 11.6 Å². The number of rotatable bonds is 3. The third-order valence-electron chi connectivity index (χ3n) is 2.01. The quantitative estimate of drug-likeness (QED) is 0.648. The maximum atomic E-state index is 12.9. The van der Waals surface area contributed by atoms with Crippen LogP contribution in [-0.4, -0.2) is 17.6 Å². The van der Waals surface area contributed by atoms with Crippen LogP contribution >= 0.6 is 0 Å². The summed E-state index contributed by atoms with van der Waals surface area (Å²) in [6, 6.07) is 1.86. The maximum absolute atomic E-state index is 12.9. The number of carbonyl (C=O) groups is 1. The van der Waals surface area contributed by atoms with E-state index in [0.29, 0.717) is 0 Å². The predicted octanol–water partition coefficient (Wildman–Crippen LogP) is 0.674. The molecule has 1 rings (SSSR count). The van der Waals surface area contributed by atoms with Gasteiger partial charge in [-0.15, -0.1) is 0 Å². The lowest BCUT2D eigenvalue weighted by Crippen LogP contribution is -2.21. The Balaban J connectivity index is 3.20. The zero-order valence-corrected chi connectivity index (χ0v) is 7.71. The van der Waals surface area contributed by atoms with E-state index in [0.717, 1.165) is 12.1 Å². The highest BCUT2D eigenvalue weighted by Crippen LogP contribution is 2.22. The average molecular weight is 216 g/mol. The largest absolute Gasteiger partial charge is 0.481 e. The molecule has 4 nitrogen and oxygen atoms in total. The first-order valence-corrected chi connectivity index (χ1v) is 4.14. The van der Waals surface area contributed by atoms with Crippen molar-refractivity contribution in [1.82, 2.24) is 0 Å². The molecule has 0 fully saturated rings. The molecule has 5 N–H and O–H groups in total. The molecule has 0 spiro atoms. The Morgan fingerprint density at radius 2 is 2.07 bits per heavy atom. The molecule has 0 saturated carbocycles. The molecule has 82 valence electrons. The highest BCUT2D eigenvalue weighted by molar-refractivity contribution is 5.76. The van der Waals surface area contributed by atoms with Crippen molar-refractivity contribution >= 4 is 11.7 Å². The Labute approximate surface area is 84.5 Å². The van der Waals surface area contributed by atoms with Gasteiger partial charge in [-0.1, -0.05) is 0 Å². The summed E-state index contributed by atoms with van der Waals surface area (Å²) in [5.41, 5.74) is 10.0. The van der Waals surface area contributed by atoms with Gasteiger partial charge in [0.25, 0.3) is 0 Å². The molecule has 0 amide bonds. The van der Waals surface area contributed by atoms with E-state index >= 15 is 0 Å². The summed E-state index contributed by atoms with van der Waals surface area (Å²) in [7, 11) is 0. The van der Waals surface area contributed by atoms with Crippen LogP contribution in [0.25, 0.3) is 0 Å². The maximum Gasteiger partial charge on any atom is 0.312 e. The Bertz CT molecular complexity index is 373. The van der Waals surface area contributed by atoms with Gasteiger partial charge in [-0.3, -0.25) is 4.79 Å². The van der Waals surface area contributed by atoms with Gasteiger partial charge in [0.05, 0.1) is 11.6 Å². The van der Waals surface area contributed by atoms with E-state index in [1.807, 2.05) is 0 Å². The first kappa shape index (κ1) is 11.4. The van der Waals surface area contributed by atoms with Crippen molar-refractivity contribution in [3.05, 3.63) is 29.3 Å². The Kier molecular flexibility index (Phi) is 3.21. The molecule has 1 aromatic rings. The van der Waals surface area contributed by atoms with Crippen molar-refractivity contribution in [3.63, 3.8) is 0 Å². The summed E-state index contributed by atoms with van der Waals surface area (Å²) in [6.45, 7) is -0.208. The highest BCUT2D eigenvalue weighted by Gasteiger charge is 2.20. The fraction of sp³-hybridized carbons (Fsp3) is 0.222. The van der Waals surface area contributed by atoms with Gasteiger partial charge >= 0.3 is 5.97 Å². The van der Waals surface area contributed by atoms with Crippen molar-refractivity contribution in [1.29, 1.82) is 0 Å². The first-order chi connectivity index (χ1) is 6.97. The number of hydrogen-bond acceptors (Lipinski definition) is 3. The standard InChI is InChI=1S/C9H10F2N2O2/c10-6-1-4(2-7(13)8(6)11)5(3-12)9(14)15/h1-2,5H,3,12-13H2,(H,14,15). The highest BCUT2D eigenvalue weighted by atomic mass is 19.2. The van der Waals surface area contributed by atoms with E-state index in [9.17, 15) is 13.6 Å². The lowest BCUT2D eigenvalue weighted by Gasteiger charge is -2.11. The van der Waals surface area contributed by atoms with Gasteiger partial charge < -0.3 is 16.6 Å². The Hall–Kier alpha value is -1.69. The molecule has 1 unspecified atom stereocenters. The molecule has 0 heterocycles. The van der Waals surface area contributed by atoms with Crippen LogP contribution in [0, 0.1) is 11.6 Å². The van der Waals surface area contributed by atoms with Crippen LogP contribution in [0.2, 0.25) is 0 Å².